The zero-order valence-electron chi connectivity index (χ0n) is 7.18. The van der Waals surface area contributed by atoms with Gasteiger partial charge in [0.15, 0.2) is 0 Å². The molecule has 0 aromatic carbocycles. The molecule has 0 saturated heterocycles. The highest BCUT2D eigenvalue weighted by molar-refractivity contribution is 5.74. The molecule has 0 spiro atoms. The third kappa shape index (κ3) is 9.18. The molecule has 0 unspecified atom stereocenters. The van der Waals surface area contributed by atoms with Crippen molar-refractivity contribution < 1.29 is 25.2 Å². The van der Waals surface area contributed by atoms with E-state index in [1.807, 2.05) is 0 Å². The third-order valence-corrected chi connectivity index (χ3v) is 1.10. The first-order valence-electron chi connectivity index (χ1n) is 3.46. The lowest BCUT2D eigenvalue weighted by atomic mass is 10.1. The summed E-state index contributed by atoms with van der Waals surface area (Å²) in [6, 6.07) is 0. The van der Waals surface area contributed by atoms with Crippen molar-refractivity contribution in [2.24, 2.45) is 11.5 Å². The Bertz CT molecular complexity index is 129. The fourth-order valence-electron chi connectivity index (χ4n) is 0.150. The summed E-state index contributed by atoms with van der Waals surface area (Å²) in [7, 11) is 0. The molecule has 0 saturated carbocycles. The van der Waals surface area contributed by atoms with Crippen molar-refractivity contribution in [1.82, 2.24) is 0 Å². The fraction of sp³-hybridized carbons (Fsp3) is 0.833. The van der Waals surface area contributed by atoms with Crippen LogP contribution in [0, 0.1) is 0 Å². The number of aliphatic hydroxyl groups is 4. The Labute approximate surface area is 75.6 Å². The first kappa shape index (κ1) is 14.8. The van der Waals surface area contributed by atoms with Crippen molar-refractivity contribution in [2.45, 2.75) is 5.54 Å². The molecule has 0 atom stereocenters. The average molecular weight is 196 g/mol. The van der Waals surface area contributed by atoms with Crippen LogP contribution in [0.2, 0.25) is 0 Å². The van der Waals surface area contributed by atoms with E-state index >= 15 is 0 Å². The number of aliphatic hydroxyl groups excluding tert-OH is 4. The zero-order valence-corrected chi connectivity index (χ0v) is 7.18. The Morgan fingerprint density at radius 2 is 1.31 bits per heavy atom. The van der Waals surface area contributed by atoms with Gasteiger partial charge in [-0.2, -0.15) is 0 Å². The first-order valence-corrected chi connectivity index (χ1v) is 3.46. The van der Waals surface area contributed by atoms with Gasteiger partial charge < -0.3 is 31.9 Å². The highest BCUT2D eigenvalue weighted by Gasteiger charge is 2.20. The van der Waals surface area contributed by atoms with Gasteiger partial charge in [0.2, 0.25) is 5.91 Å². The zero-order chi connectivity index (χ0) is 10.9. The molecule has 0 aromatic rings. The molecule has 0 aliphatic carbocycles. The molecular formula is C6H16N2O5. The Balaban J connectivity index is 0. The van der Waals surface area contributed by atoms with Gasteiger partial charge in [0.1, 0.15) is 6.61 Å². The third-order valence-electron chi connectivity index (χ3n) is 1.10. The highest BCUT2D eigenvalue weighted by atomic mass is 16.3. The molecule has 0 aliphatic heterocycles. The molecule has 7 nitrogen and oxygen atoms in total. The van der Waals surface area contributed by atoms with E-state index in [1.54, 1.807) is 0 Å². The lowest BCUT2D eigenvalue weighted by Crippen LogP contribution is -2.50. The quantitative estimate of drug-likeness (QED) is 0.271. The molecule has 7 heteroatoms. The second-order valence-corrected chi connectivity index (χ2v) is 2.46. The van der Waals surface area contributed by atoms with Crippen molar-refractivity contribution in [2.75, 3.05) is 26.4 Å². The topological polar surface area (TPSA) is 150 Å². The SMILES string of the molecule is NC(=O)CO.NC(CO)(CO)CO. The van der Waals surface area contributed by atoms with E-state index in [1.165, 1.54) is 0 Å². The molecule has 0 bridgehead atoms. The molecule has 0 heterocycles. The molecule has 80 valence electrons. The first-order chi connectivity index (χ1) is 5.95. The van der Waals surface area contributed by atoms with E-state index in [-0.39, 0.29) is 0 Å². The van der Waals surface area contributed by atoms with E-state index in [9.17, 15) is 4.79 Å². The smallest absolute Gasteiger partial charge is 0.243 e. The van der Waals surface area contributed by atoms with Crippen LogP contribution in [0.25, 0.3) is 0 Å². The van der Waals surface area contributed by atoms with Crippen molar-refractivity contribution in [3.05, 3.63) is 0 Å². The maximum atomic E-state index is 9.34. The molecule has 8 N–H and O–H groups in total. The monoisotopic (exact) mass is 196 g/mol. The Morgan fingerprint density at radius 3 is 1.31 bits per heavy atom. The summed E-state index contributed by atoms with van der Waals surface area (Å²) >= 11 is 0. The van der Waals surface area contributed by atoms with Crippen LogP contribution in [0.4, 0.5) is 0 Å². The molecule has 13 heavy (non-hydrogen) atoms. The number of carbonyl (C=O) groups excluding carboxylic acids is 1. The van der Waals surface area contributed by atoms with E-state index in [2.05, 4.69) is 5.73 Å². The minimum Gasteiger partial charge on any atom is -0.394 e. The van der Waals surface area contributed by atoms with Crippen LogP contribution >= 0.6 is 0 Å². The maximum absolute atomic E-state index is 9.34. The van der Waals surface area contributed by atoms with Crippen molar-refractivity contribution in [3.63, 3.8) is 0 Å². The second-order valence-electron chi connectivity index (χ2n) is 2.46. The van der Waals surface area contributed by atoms with E-state index in [0.717, 1.165) is 0 Å². The molecule has 0 rings (SSSR count). The van der Waals surface area contributed by atoms with Crippen LogP contribution in [0.15, 0.2) is 0 Å². The van der Waals surface area contributed by atoms with Gasteiger partial charge in [0, 0.05) is 0 Å². The Hall–Kier alpha value is -0.730. The van der Waals surface area contributed by atoms with Crippen LogP contribution in [0.3, 0.4) is 0 Å². The van der Waals surface area contributed by atoms with Gasteiger partial charge in [-0.05, 0) is 0 Å². The highest BCUT2D eigenvalue weighted by Crippen LogP contribution is 1.93. The van der Waals surface area contributed by atoms with Crippen molar-refractivity contribution in [1.29, 1.82) is 0 Å². The predicted octanol–water partition coefficient (Wildman–Crippen LogP) is -3.88. The summed E-state index contributed by atoms with van der Waals surface area (Å²) in [5, 5.41) is 32.7. The lowest BCUT2D eigenvalue weighted by molar-refractivity contribution is -0.120. The van der Waals surface area contributed by atoms with Crippen LogP contribution < -0.4 is 11.5 Å². The number of hydrogen-bond acceptors (Lipinski definition) is 6. The Morgan fingerprint density at radius 1 is 1.08 bits per heavy atom. The number of hydrogen-bond donors (Lipinski definition) is 6. The van der Waals surface area contributed by atoms with E-state index in [4.69, 9.17) is 26.2 Å². The molecule has 1 amide bonds. The van der Waals surface area contributed by atoms with Gasteiger partial charge in [0.25, 0.3) is 0 Å². The van der Waals surface area contributed by atoms with E-state index in [0.29, 0.717) is 0 Å². The van der Waals surface area contributed by atoms with Gasteiger partial charge >= 0.3 is 0 Å². The second kappa shape index (κ2) is 7.90. The summed E-state index contributed by atoms with van der Waals surface area (Å²) in [5.74, 6) is -0.690. The molecule has 0 aromatic heterocycles. The van der Waals surface area contributed by atoms with Gasteiger partial charge in [-0.1, -0.05) is 0 Å². The number of primary amides is 1. The van der Waals surface area contributed by atoms with Crippen LogP contribution in [-0.2, 0) is 4.79 Å². The number of nitrogens with two attached hydrogens (primary N) is 2. The molecule has 0 radical (unpaired) electrons. The van der Waals surface area contributed by atoms with Crippen LogP contribution in [0.1, 0.15) is 0 Å². The number of carbonyl (C=O) groups is 1. The summed E-state index contributed by atoms with van der Waals surface area (Å²) < 4.78 is 0. The van der Waals surface area contributed by atoms with Gasteiger partial charge in [0.05, 0.1) is 25.4 Å². The summed E-state index contributed by atoms with van der Waals surface area (Å²) in [6.45, 7) is -1.76. The molecular weight excluding hydrogens is 180 g/mol. The minimum absolute atomic E-state index is 0.403. The minimum atomic E-state index is -1.21. The summed E-state index contributed by atoms with van der Waals surface area (Å²) in [6.07, 6.45) is 0. The Kier molecular flexibility index (Phi) is 8.97. The largest absolute Gasteiger partial charge is 0.394 e. The van der Waals surface area contributed by atoms with Crippen molar-refractivity contribution in [3.8, 4) is 0 Å². The lowest BCUT2D eigenvalue weighted by Gasteiger charge is -2.20. The maximum Gasteiger partial charge on any atom is 0.243 e. The molecule has 0 fully saturated rings. The van der Waals surface area contributed by atoms with Crippen LogP contribution in [-0.4, -0.2) is 58.3 Å². The number of rotatable bonds is 4. The van der Waals surface area contributed by atoms with Gasteiger partial charge in [-0.25, -0.2) is 0 Å². The van der Waals surface area contributed by atoms with Crippen molar-refractivity contribution >= 4 is 5.91 Å². The predicted molar refractivity (Wildman–Crippen MR) is 44.5 cm³/mol. The van der Waals surface area contributed by atoms with Gasteiger partial charge in [-0.15, -0.1) is 0 Å². The standard InChI is InChI=1S/C4H11NO3.C2H5NO2/c5-4(1-6,2-7)3-8;3-2(5)1-4/h6-8H,1-3,5H2;4H,1H2,(H2,3,5). The number of amides is 1. The van der Waals surface area contributed by atoms with Gasteiger partial charge in [-0.3, -0.25) is 4.79 Å². The fourth-order valence-corrected chi connectivity index (χ4v) is 0.150. The van der Waals surface area contributed by atoms with Crippen LogP contribution in [0.5, 0.6) is 0 Å². The normalized spacial score (nSPS) is 10.2. The van der Waals surface area contributed by atoms with E-state index < -0.39 is 37.9 Å². The summed E-state index contributed by atoms with van der Waals surface area (Å²) in [4.78, 5) is 9.34. The summed E-state index contributed by atoms with van der Waals surface area (Å²) in [5.41, 5.74) is 8.34. The molecule has 0 aliphatic rings. The average Bonchev–Trinajstić information content (AvgIpc) is 2.17.